The standard InChI is InChI=1S/C21H20N2O3/c22-18-16(21(26)23-12-6-2-1-3-7-12)11-10-15-17(18)20(25)14-9-5-4-8-13(14)19(15)24/h4-5,8-12H,1-3,6-7,22H2,(H,23,26). The lowest BCUT2D eigenvalue weighted by molar-refractivity contribution is 0.0927. The summed E-state index contributed by atoms with van der Waals surface area (Å²) in [5.74, 6) is -0.822. The fourth-order valence-electron chi connectivity index (χ4n) is 3.92. The van der Waals surface area contributed by atoms with E-state index < -0.39 is 0 Å². The normalized spacial score (nSPS) is 16.8. The topological polar surface area (TPSA) is 89.3 Å². The van der Waals surface area contributed by atoms with Crippen LogP contribution < -0.4 is 11.1 Å². The SMILES string of the molecule is Nc1c(C(=O)NC2CCCCC2)ccc2c1C(=O)c1ccccc1C2=O. The number of nitrogen functional groups attached to an aromatic ring is 1. The molecule has 2 aliphatic rings. The zero-order valence-corrected chi connectivity index (χ0v) is 14.4. The van der Waals surface area contributed by atoms with Gasteiger partial charge in [-0.3, -0.25) is 14.4 Å². The summed E-state index contributed by atoms with van der Waals surface area (Å²) in [4.78, 5) is 38.2. The van der Waals surface area contributed by atoms with Crippen LogP contribution in [-0.2, 0) is 0 Å². The van der Waals surface area contributed by atoms with E-state index in [0.717, 1.165) is 25.7 Å². The maximum Gasteiger partial charge on any atom is 0.253 e. The lowest BCUT2D eigenvalue weighted by atomic mass is 9.82. The molecule has 0 spiro atoms. The van der Waals surface area contributed by atoms with Crippen molar-refractivity contribution in [3.63, 3.8) is 0 Å². The van der Waals surface area contributed by atoms with Gasteiger partial charge in [-0.15, -0.1) is 0 Å². The molecular formula is C21H20N2O3. The lowest BCUT2D eigenvalue weighted by Crippen LogP contribution is -2.37. The predicted molar refractivity (Wildman–Crippen MR) is 98.5 cm³/mol. The summed E-state index contributed by atoms with van der Waals surface area (Å²) in [6.07, 6.45) is 5.33. The smallest absolute Gasteiger partial charge is 0.253 e. The van der Waals surface area contributed by atoms with E-state index in [0.29, 0.717) is 11.1 Å². The summed E-state index contributed by atoms with van der Waals surface area (Å²) in [5.41, 5.74) is 7.65. The van der Waals surface area contributed by atoms with E-state index in [1.807, 2.05) is 0 Å². The quantitative estimate of drug-likeness (QED) is 0.697. The second-order valence-corrected chi connectivity index (χ2v) is 6.96. The first-order chi connectivity index (χ1) is 12.6. The molecule has 26 heavy (non-hydrogen) atoms. The largest absolute Gasteiger partial charge is 0.397 e. The Balaban J connectivity index is 1.71. The van der Waals surface area contributed by atoms with Crippen molar-refractivity contribution in [3.05, 3.63) is 64.2 Å². The van der Waals surface area contributed by atoms with Gasteiger partial charge in [0.2, 0.25) is 0 Å². The summed E-state index contributed by atoms with van der Waals surface area (Å²) in [7, 11) is 0. The van der Waals surface area contributed by atoms with Crippen LogP contribution in [0.3, 0.4) is 0 Å². The minimum absolute atomic E-state index is 0.0867. The molecule has 132 valence electrons. The van der Waals surface area contributed by atoms with E-state index in [1.165, 1.54) is 12.5 Å². The van der Waals surface area contributed by atoms with Crippen LogP contribution in [0.1, 0.15) is 74.3 Å². The van der Waals surface area contributed by atoms with Gasteiger partial charge in [0.05, 0.1) is 16.8 Å². The van der Waals surface area contributed by atoms with Crippen molar-refractivity contribution in [2.75, 3.05) is 5.73 Å². The molecule has 5 nitrogen and oxygen atoms in total. The number of amides is 1. The number of anilines is 1. The molecule has 1 saturated carbocycles. The molecule has 0 saturated heterocycles. The molecule has 0 aromatic heterocycles. The number of rotatable bonds is 2. The van der Waals surface area contributed by atoms with E-state index in [1.54, 1.807) is 30.3 Å². The van der Waals surface area contributed by atoms with Crippen LogP contribution in [0.25, 0.3) is 0 Å². The molecule has 3 N–H and O–H groups in total. The highest BCUT2D eigenvalue weighted by Crippen LogP contribution is 2.32. The molecule has 0 aliphatic heterocycles. The highest BCUT2D eigenvalue weighted by atomic mass is 16.2. The van der Waals surface area contributed by atoms with Crippen LogP contribution in [0.5, 0.6) is 0 Å². The fourth-order valence-corrected chi connectivity index (χ4v) is 3.92. The van der Waals surface area contributed by atoms with Gasteiger partial charge in [0, 0.05) is 22.7 Å². The Hall–Kier alpha value is -2.95. The second-order valence-electron chi connectivity index (χ2n) is 6.96. The molecule has 0 bridgehead atoms. The Morgan fingerprint density at radius 2 is 1.54 bits per heavy atom. The van der Waals surface area contributed by atoms with Crippen LogP contribution in [-0.4, -0.2) is 23.5 Å². The van der Waals surface area contributed by atoms with E-state index >= 15 is 0 Å². The van der Waals surface area contributed by atoms with Crippen LogP contribution in [0.15, 0.2) is 36.4 Å². The van der Waals surface area contributed by atoms with E-state index in [2.05, 4.69) is 5.32 Å². The maximum atomic E-state index is 12.9. The van der Waals surface area contributed by atoms with Gasteiger partial charge in [0.25, 0.3) is 5.91 Å². The number of carbonyl (C=O) groups is 3. The number of hydrogen-bond acceptors (Lipinski definition) is 4. The molecule has 2 aromatic rings. The first-order valence-corrected chi connectivity index (χ1v) is 8.99. The molecular weight excluding hydrogens is 328 g/mol. The van der Waals surface area contributed by atoms with Gasteiger partial charge in [0.1, 0.15) is 0 Å². The molecule has 2 aromatic carbocycles. The summed E-state index contributed by atoms with van der Waals surface area (Å²) in [6.45, 7) is 0. The van der Waals surface area contributed by atoms with E-state index in [4.69, 9.17) is 5.73 Å². The number of nitrogens with one attached hydrogen (secondary N) is 1. The Kier molecular flexibility index (Phi) is 4.07. The van der Waals surface area contributed by atoms with E-state index in [-0.39, 0.29) is 45.9 Å². The lowest BCUT2D eigenvalue weighted by Gasteiger charge is -2.24. The molecule has 0 unspecified atom stereocenters. The van der Waals surface area contributed by atoms with Gasteiger partial charge < -0.3 is 11.1 Å². The third-order valence-corrected chi connectivity index (χ3v) is 5.32. The number of carbonyl (C=O) groups excluding carboxylic acids is 3. The molecule has 1 amide bonds. The Labute approximate surface area is 151 Å². The maximum absolute atomic E-state index is 12.9. The highest BCUT2D eigenvalue weighted by Gasteiger charge is 2.33. The van der Waals surface area contributed by atoms with E-state index in [9.17, 15) is 14.4 Å². The van der Waals surface area contributed by atoms with Gasteiger partial charge >= 0.3 is 0 Å². The zero-order valence-electron chi connectivity index (χ0n) is 14.4. The van der Waals surface area contributed by atoms with Gasteiger partial charge in [0.15, 0.2) is 11.6 Å². The molecule has 0 atom stereocenters. The number of benzene rings is 2. The summed E-state index contributed by atoms with van der Waals surface area (Å²) in [6, 6.07) is 9.92. The van der Waals surface area contributed by atoms with Crippen LogP contribution in [0, 0.1) is 0 Å². The summed E-state index contributed by atoms with van der Waals surface area (Å²) < 4.78 is 0. The Bertz CT molecular complexity index is 927. The highest BCUT2D eigenvalue weighted by molar-refractivity contribution is 6.30. The predicted octanol–water partition coefficient (Wildman–Crippen LogP) is 3.11. The van der Waals surface area contributed by atoms with Crippen LogP contribution in [0.2, 0.25) is 0 Å². The zero-order chi connectivity index (χ0) is 18.3. The second kappa shape index (κ2) is 6.41. The van der Waals surface area contributed by atoms with Crippen molar-refractivity contribution in [1.29, 1.82) is 0 Å². The van der Waals surface area contributed by atoms with Gasteiger partial charge in [-0.25, -0.2) is 0 Å². The third kappa shape index (κ3) is 2.60. The van der Waals surface area contributed by atoms with Crippen LogP contribution in [0.4, 0.5) is 5.69 Å². The molecule has 0 radical (unpaired) electrons. The van der Waals surface area contributed by atoms with Crippen molar-refractivity contribution in [1.82, 2.24) is 5.32 Å². The summed E-state index contributed by atoms with van der Waals surface area (Å²) >= 11 is 0. The number of fused-ring (bicyclic) bond motifs is 2. The van der Waals surface area contributed by atoms with Gasteiger partial charge in [-0.1, -0.05) is 43.5 Å². The van der Waals surface area contributed by atoms with Crippen molar-refractivity contribution < 1.29 is 14.4 Å². The Morgan fingerprint density at radius 3 is 2.23 bits per heavy atom. The number of hydrogen-bond donors (Lipinski definition) is 2. The minimum Gasteiger partial charge on any atom is -0.397 e. The third-order valence-electron chi connectivity index (χ3n) is 5.32. The monoisotopic (exact) mass is 348 g/mol. The first-order valence-electron chi connectivity index (χ1n) is 8.99. The summed E-state index contributed by atoms with van der Waals surface area (Å²) in [5, 5.41) is 3.01. The van der Waals surface area contributed by atoms with Crippen molar-refractivity contribution >= 4 is 23.2 Å². The first kappa shape index (κ1) is 16.5. The average molecular weight is 348 g/mol. The minimum atomic E-state index is -0.306. The fraction of sp³-hybridized carbons (Fsp3) is 0.286. The molecule has 0 heterocycles. The molecule has 2 aliphatic carbocycles. The number of nitrogens with two attached hydrogens (primary N) is 1. The van der Waals surface area contributed by atoms with Gasteiger partial charge in [-0.2, -0.15) is 0 Å². The molecule has 5 heteroatoms. The van der Waals surface area contributed by atoms with Crippen molar-refractivity contribution in [2.24, 2.45) is 0 Å². The van der Waals surface area contributed by atoms with Crippen LogP contribution >= 0.6 is 0 Å². The Morgan fingerprint density at radius 1 is 0.885 bits per heavy atom. The molecule has 1 fully saturated rings. The van der Waals surface area contributed by atoms with Crippen molar-refractivity contribution in [2.45, 2.75) is 38.1 Å². The average Bonchev–Trinajstić information content (AvgIpc) is 2.66. The van der Waals surface area contributed by atoms with Crippen molar-refractivity contribution in [3.8, 4) is 0 Å². The van der Waals surface area contributed by atoms with Gasteiger partial charge in [-0.05, 0) is 25.0 Å². The molecule has 4 rings (SSSR count). The number of ketones is 2.